The van der Waals surface area contributed by atoms with Crippen LogP contribution in [-0.2, 0) is 6.42 Å². The molecular weight excluding hydrogens is 212 g/mol. The molecule has 17 heavy (non-hydrogen) atoms. The average molecular weight is 228 g/mol. The lowest BCUT2D eigenvalue weighted by Gasteiger charge is -2.03. The first-order valence-corrected chi connectivity index (χ1v) is 5.84. The summed E-state index contributed by atoms with van der Waals surface area (Å²) in [7, 11) is 0. The summed E-state index contributed by atoms with van der Waals surface area (Å²) < 4.78 is 0. The molecule has 2 aromatic heterocycles. The monoisotopic (exact) mass is 228 g/mol. The first-order valence-electron chi connectivity index (χ1n) is 5.84. The van der Waals surface area contributed by atoms with Gasteiger partial charge in [-0.1, -0.05) is 13.0 Å². The molecule has 2 aromatic rings. The molecule has 0 aliphatic heterocycles. The molecule has 0 aliphatic carbocycles. The van der Waals surface area contributed by atoms with Crippen LogP contribution in [0.2, 0.25) is 0 Å². The van der Waals surface area contributed by atoms with Crippen molar-refractivity contribution in [1.82, 2.24) is 15.2 Å². The van der Waals surface area contributed by atoms with E-state index in [4.69, 9.17) is 0 Å². The van der Waals surface area contributed by atoms with Gasteiger partial charge in [-0.25, -0.2) is 0 Å². The van der Waals surface area contributed by atoms with Crippen LogP contribution in [0, 0.1) is 0 Å². The predicted octanol–water partition coefficient (Wildman–Crippen LogP) is 2.28. The molecule has 0 saturated carbocycles. The topological polar surface area (TPSA) is 50.7 Å². The average Bonchev–Trinajstić information content (AvgIpc) is 2.39. The van der Waals surface area contributed by atoms with Crippen LogP contribution in [0.4, 0.5) is 5.82 Å². The molecule has 0 radical (unpaired) electrons. The van der Waals surface area contributed by atoms with Gasteiger partial charge in [0.25, 0.3) is 0 Å². The molecule has 0 saturated heterocycles. The number of rotatable bonds is 5. The van der Waals surface area contributed by atoms with E-state index in [-0.39, 0.29) is 0 Å². The minimum absolute atomic E-state index is 0.773. The maximum Gasteiger partial charge on any atom is 0.148 e. The van der Waals surface area contributed by atoms with Crippen molar-refractivity contribution >= 4 is 5.82 Å². The Hall–Kier alpha value is -1.97. The largest absolute Gasteiger partial charge is 0.369 e. The molecule has 0 fully saturated rings. The number of hydrogen-bond donors (Lipinski definition) is 1. The standard InChI is InChI=1S/C13H16N4/c1-2-7-15-13-6-5-12(16-17-13)9-11-4-3-8-14-10-11/h3-6,8,10H,2,7,9H2,1H3,(H,15,17). The lowest BCUT2D eigenvalue weighted by molar-refractivity contribution is 0.908. The highest BCUT2D eigenvalue weighted by Gasteiger charge is 1.99. The van der Waals surface area contributed by atoms with E-state index < -0.39 is 0 Å². The number of nitrogens with one attached hydrogen (secondary N) is 1. The molecule has 2 rings (SSSR count). The summed E-state index contributed by atoms with van der Waals surface area (Å²) in [4.78, 5) is 4.08. The van der Waals surface area contributed by atoms with E-state index in [0.717, 1.165) is 36.5 Å². The lowest BCUT2D eigenvalue weighted by Crippen LogP contribution is -2.04. The highest BCUT2D eigenvalue weighted by Crippen LogP contribution is 2.07. The molecule has 0 amide bonds. The first-order chi connectivity index (χ1) is 8.38. The Morgan fingerprint density at radius 2 is 2.12 bits per heavy atom. The zero-order valence-electron chi connectivity index (χ0n) is 9.93. The molecule has 88 valence electrons. The summed E-state index contributed by atoms with van der Waals surface area (Å²) in [5.74, 6) is 0.835. The number of pyridine rings is 1. The molecule has 4 heteroatoms. The molecule has 0 aromatic carbocycles. The van der Waals surface area contributed by atoms with Crippen LogP contribution < -0.4 is 5.32 Å². The van der Waals surface area contributed by atoms with E-state index >= 15 is 0 Å². The van der Waals surface area contributed by atoms with Crippen LogP contribution in [0.3, 0.4) is 0 Å². The molecule has 1 N–H and O–H groups in total. The van der Waals surface area contributed by atoms with Crippen molar-refractivity contribution in [3.05, 3.63) is 47.9 Å². The summed E-state index contributed by atoms with van der Waals surface area (Å²) >= 11 is 0. The quantitative estimate of drug-likeness (QED) is 0.853. The zero-order chi connectivity index (χ0) is 11.9. The fraction of sp³-hybridized carbons (Fsp3) is 0.308. The van der Waals surface area contributed by atoms with Crippen LogP contribution in [0.1, 0.15) is 24.6 Å². The normalized spacial score (nSPS) is 10.2. The molecule has 4 nitrogen and oxygen atoms in total. The Morgan fingerprint density at radius 3 is 2.76 bits per heavy atom. The maximum atomic E-state index is 4.19. The first kappa shape index (κ1) is 11.5. The van der Waals surface area contributed by atoms with Gasteiger partial charge in [0.15, 0.2) is 0 Å². The van der Waals surface area contributed by atoms with Crippen LogP contribution in [0.5, 0.6) is 0 Å². The van der Waals surface area contributed by atoms with Crippen molar-refractivity contribution < 1.29 is 0 Å². The smallest absolute Gasteiger partial charge is 0.148 e. The SMILES string of the molecule is CCCNc1ccc(Cc2cccnc2)nn1. The second kappa shape index (κ2) is 5.94. The Kier molecular flexibility index (Phi) is 4.02. The highest BCUT2D eigenvalue weighted by atomic mass is 15.2. The van der Waals surface area contributed by atoms with Gasteiger partial charge in [-0.2, -0.15) is 5.10 Å². The Labute approximate surface area is 101 Å². The Bertz CT molecular complexity index is 439. The van der Waals surface area contributed by atoms with Crippen molar-refractivity contribution in [1.29, 1.82) is 0 Å². The number of nitrogens with zero attached hydrogens (tertiary/aromatic N) is 3. The van der Waals surface area contributed by atoms with Crippen molar-refractivity contribution in [3.8, 4) is 0 Å². The minimum atomic E-state index is 0.773. The van der Waals surface area contributed by atoms with Gasteiger partial charge in [0.05, 0.1) is 5.69 Å². The summed E-state index contributed by atoms with van der Waals surface area (Å²) in [5.41, 5.74) is 2.11. The minimum Gasteiger partial charge on any atom is -0.369 e. The molecule has 0 atom stereocenters. The summed E-state index contributed by atoms with van der Waals surface area (Å²) in [6.45, 7) is 3.05. The van der Waals surface area contributed by atoms with E-state index in [1.54, 1.807) is 6.20 Å². The highest BCUT2D eigenvalue weighted by molar-refractivity contribution is 5.33. The summed E-state index contributed by atoms with van der Waals surface area (Å²) in [6.07, 6.45) is 5.48. The molecule has 0 unspecified atom stereocenters. The van der Waals surface area contributed by atoms with Gasteiger partial charge in [0.1, 0.15) is 5.82 Å². The zero-order valence-corrected chi connectivity index (χ0v) is 9.93. The third-order valence-electron chi connectivity index (χ3n) is 2.38. The summed E-state index contributed by atoms with van der Waals surface area (Å²) in [5, 5.41) is 11.5. The van der Waals surface area contributed by atoms with Crippen LogP contribution in [0.15, 0.2) is 36.7 Å². The van der Waals surface area contributed by atoms with Crippen molar-refractivity contribution in [2.24, 2.45) is 0 Å². The third kappa shape index (κ3) is 3.52. The van der Waals surface area contributed by atoms with Gasteiger partial charge in [-0.3, -0.25) is 4.98 Å². The van der Waals surface area contributed by atoms with Crippen molar-refractivity contribution in [3.63, 3.8) is 0 Å². The molecular formula is C13H16N4. The van der Waals surface area contributed by atoms with Gasteiger partial charge in [-0.15, -0.1) is 5.10 Å². The van der Waals surface area contributed by atoms with Crippen LogP contribution >= 0.6 is 0 Å². The molecule has 0 spiro atoms. The predicted molar refractivity (Wildman–Crippen MR) is 67.9 cm³/mol. The van der Waals surface area contributed by atoms with Gasteiger partial charge < -0.3 is 5.32 Å². The van der Waals surface area contributed by atoms with Gasteiger partial charge in [-0.05, 0) is 30.2 Å². The van der Waals surface area contributed by atoms with Gasteiger partial charge in [0, 0.05) is 25.4 Å². The van der Waals surface area contributed by atoms with Crippen LogP contribution in [0.25, 0.3) is 0 Å². The van der Waals surface area contributed by atoms with E-state index in [9.17, 15) is 0 Å². The molecule has 0 bridgehead atoms. The second-order valence-electron chi connectivity index (χ2n) is 3.87. The fourth-order valence-electron chi connectivity index (χ4n) is 1.51. The van der Waals surface area contributed by atoms with E-state index in [2.05, 4.69) is 27.4 Å². The number of aromatic nitrogens is 3. The van der Waals surface area contributed by atoms with E-state index in [1.165, 1.54) is 0 Å². The summed E-state index contributed by atoms with van der Waals surface area (Å²) in [6, 6.07) is 7.93. The third-order valence-corrected chi connectivity index (χ3v) is 2.38. The maximum absolute atomic E-state index is 4.19. The Morgan fingerprint density at radius 1 is 1.18 bits per heavy atom. The molecule has 0 aliphatic rings. The van der Waals surface area contributed by atoms with Gasteiger partial charge in [0.2, 0.25) is 0 Å². The van der Waals surface area contributed by atoms with Crippen molar-refractivity contribution in [2.45, 2.75) is 19.8 Å². The second-order valence-corrected chi connectivity index (χ2v) is 3.87. The van der Waals surface area contributed by atoms with Crippen LogP contribution in [-0.4, -0.2) is 21.7 Å². The lowest BCUT2D eigenvalue weighted by atomic mass is 10.1. The number of hydrogen-bond acceptors (Lipinski definition) is 4. The fourth-order valence-corrected chi connectivity index (χ4v) is 1.51. The van der Waals surface area contributed by atoms with Crippen molar-refractivity contribution in [2.75, 3.05) is 11.9 Å². The Balaban J connectivity index is 1.98. The van der Waals surface area contributed by atoms with E-state index in [1.807, 2.05) is 30.5 Å². The van der Waals surface area contributed by atoms with E-state index in [0.29, 0.717) is 0 Å². The molecule has 2 heterocycles. The number of anilines is 1. The van der Waals surface area contributed by atoms with Gasteiger partial charge >= 0.3 is 0 Å².